The zero-order valence-corrected chi connectivity index (χ0v) is 44.2. The Bertz CT molecular complexity index is 2640. The van der Waals surface area contributed by atoms with E-state index in [2.05, 4.69) is 41.5 Å². The van der Waals surface area contributed by atoms with Crippen molar-refractivity contribution >= 4 is 64.5 Å². The van der Waals surface area contributed by atoms with E-state index < -0.39 is 35.4 Å². The van der Waals surface area contributed by atoms with Crippen molar-refractivity contribution in [2.24, 2.45) is 0 Å². The first-order chi connectivity index (χ1) is 37.2. The van der Waals surface area contributed by atoms with E-state index in [1.807, 2.05) is 6.92 Å². The van der Waals surface area contributed by atoms with Crippen LogP contribution in [0.5, 0.6) is 17.5 Å². The number of hydrogen-bond donors (Lipinski definition) is 7. The SMILES string of the molecule is CCCCOc1nc(N)c2[nH]c(=O)n(Cc3ccc(C(=O)NCCCOCCOCCOCCCNC(=O)CCC(=O)Oc4ccc(/C=C/C(=O)NCC(=O)N[C@@H](C)C(=O)NCCCC(=O)OCC)cc4OC)cc3)c2n1. The summed E-state index contributed by atoms with van der Waals surface area (Å²) in [4.78, 5) is 110. The summed E-state index contributed by atoms with van der Waals surface area (Å²) in [5, 5.41) is 13.2. The van der Waals surface area contributed by atoms with Gasteiger partial charge in [0.1, 0.15) is 11.6 Å². The number of H-pyrrole nitrogens is 1. The van der Waals surface area contributed by atoms with Gasteiger partial charge in [0.2, 0.25) is 23.6 Å². The van der Waals surface area contributed by atoms with Crippen LogP contribution in [0.1, 0.15) is 93.6 Å². The van der Waals surface area contributed by atoms with Crippen molar-refractivity contribution in [3.63, 3.8) is 0 Å². The summed E-state index contributed by atoms with van der Waals surface area (Å²) in [5.74, 6) is -2.71. The van der Waals surface area contributed by atoms with Crippen molar-refractivity contribution in [2.75, 3.05) is 91.9 Å². The van der Waals surface area contributed by atoms with Crippen LogP contribution in [-0.2, 0) is 54.3 Å². The maximum absolute atomic E-state index is 12.7. The van der Waals surface area contributed by atoms with Crippen molar-refractivity contribution in [3.05, 3.63) is 75.7 Å². The molecule has 5 amide bonds. The lowest BCUT2D eigenvalue weighted by atomic mass is 10.1. The number of nitrogens with zero attached hydrogens (tertiary/aromatic N) is 3. The number of aromatic amines is 1. The maximum Gasteiger partial charge on any atom is 0.328 e. The maximum atomic E-state index is 12.7. The van der Waals surface area contributed by atoms with Crippen molar-refractivity contribution in [3.8, 4) is 17.5 Å². The predicted octanol–water partition coefficient (Wildman–Crippen LogP) is 2.09. The van der Waals surface area contributed by atoms with E-state index in [-0.39, 0.29) is 86.6 Å². The van der Waals surface area contributed by atoms with Crippen molar-refractivity contribution in [2.45, 2.75) is 84.7 Å². The third kappa shape index (κ3) is 23.3. The third-order valence-corrected chi connectivity index (χ3v) is 10.9. The van der Waals surface area contributed by atoms with Gasteiger partial charge in [-0.2, -0.15) is 9.97 Å². The molecule has 0 saturated heterocycles. The Labute approximate surface area is 446 Å². The predicted molar refractivity (Wildman–Crippen MR) is 282 cm³/mol. The Morgan fingerprint density at radius 2 is 1.43 bits per heavy atom. The van der Waals surface area contributed by atoms with E-state index in [1.54, 1.807) is 37.3 Å². The van der Waals surface area contributed by atoms with Gasteiger partial charge in [-0.25, -0.2) is 4.79 Å². The Hall–Kier alpha value is -7.90. The summed E-state index contributed by atoms with van der Waals surface area (Å²) < 4.78 is 39.3. The third-order valence-electron chi connectivity index (χ3n) is 10.9. The number of imidazole rings is 1. The lowest BCUT2D eigenvalue weighted by molar-refractivity contribution is -0.143. The first-order valence-electron chi connectivity index (χ1n) is 25.5. The molecule has 4 rings (SSSR count). The molecule has 0 fully saturated rings. The highest BCUT2D eigenvalue weighted by Gasteiger charge is 2.18. The minimum absolute atomic E-state index is 0.0920. The average Bonchev–Trinajstić information content (AvgIpc) is 3.75. The molecule has 420 valence electrons. The highest BCUT2D eigenvalue weighted by molar-refractivity contribution is 5.95. The molecule has 2 heterocycles. The number of esters is 2. The van der Waals surface area contributed by atoms with E-state index in [1.165, 1.54) is 42.9 Å². The summed E-state index contributed by atoms with van der Waals surface area (Å²) in [6.45, 7) is 9.06. The molecule has 0 unspecified atom stereocenters. The summed E-state index contributed by atoms with van der Waals surface area (Å²) in [5.41, 5.74) is 8.11. The average molecular weight is 1080 g/mol. The van der Waals surface area contributed by atoms with Gasteiger partial charge in [0.25, 0.3) is 5.91 Å². The van der Waals surface area contributed by atoms with E-state index in [4.69, 9.17) is 38.9 Å². The zero-order valence-electron chi connectivity index (χ0n) is 44.2. The summed E-state index contributed by atoms with van der Waals surface area (Å²) >= 11 is 0. The van der Waals surface area contributed by atoms with Crippen molar-refractivity contribution < 1.29 is 66.7 Å². The van der Waals surface area contributed by atoms with E-state index >= 15 is 0 Å². The van der Waals surface area contributed by atoms with Crippen LogP contribution in [0.2, 0.25) is 0 Å². The zero-order chi connectivity index (χ0) is 55.8. The molecule has 77 heavy (non-hydrogen) atoms. The molecule has 1 atom stereocenters. The highest BCUT2D eigenvalue weighted by atomic mass is 16.6. The highest BCUT2D eigenvalue weighted by Crippen LogP contribution is 2.29. The molecule has 0 radical (unpaired) electrons. The second-order valence-corrected chi connectivity index (χ2v) is 17.1. The van der Waals surface area contributed by atoms with Crippen molar-refractivity contribution in [1.29, 1.82) is 0 Å². The topological polar surface area (TPSA) is 334 Å². The molecule has 2 aromatic carbocycles. The standard InChI is InChI=1S/C52H72N10O15/c1-5-7-27-76-51-60-47(53)46-48(61-51)62(52(70)59-46)34-37-12-16-38(17-13-37)50(69)56-24-10-26-73-29-31-74-30-28-72-25-9-23-54-41(63)20-21-45(67)77-39-18-14-36(32-40(39)71-4)15-19-42(64)57-33-43(65)58-35(3)49(68)55-22-8-11-44(66)75-6-2/h12-19,32,35H,5-11,20-31,33-34H2,1-4H3,(H,54,63)(H,55,68)(H,56,69)(H,57,64)(H,58,65)(H,59,70)(H2,53,60,61)/b19-15+/t35-/m0/s1. The van der Waals surface area contributed by atoms with Gasteiger partial charge in [-0.1, -0.05) is 31.5 Å². The summed E-state index contributed by atoms with van der Waals surface area (Å²) in [7, 11) is 1.38. The van der Waals surface area contributed by atoms with Gasteiger partial charge in [-0.3, -0.25) is 38.1 Å². The minimum Gasteiger partial charge on any atom is -0.493 e. The number of anilines is 1. The Morgan fingerprint density at radius 3 is 2.12 bits per heavy atom. The van der Waals surface area contributed by atoms with Crippen LogP contribution >= 0.6 is 0 Å². The van der Waals surface area contributed by atoms with Crippen LogP contribution < -0.4 is 52.2 Å². The van der Waals surface area contributed by atoms with Crippen LogP contribution in [0.25, 0.3) is 17.2 Å². The number of unbranched alkanes of at least 4 members (excludes halogenated alkanes) is 1. The number of fused-ring (bicyclic) bond motifs is 1. The number of nitrogens with two attached hydrogens (primary N) is 1. The van der Waals surface area contributed by atoms with Crippen LogP contribution in [0.3, 0.4) is 0 Å². The number of methoxy groups -OCH3 is 1. The Kier molecular flexibility index (Phi) is 27.7. The molecule has 4 aromatic rings. The van der Waals surface area contributed by atoms with Crippen LogP contribution in [-0.4, -0.2) is 153 Å². The quantitative estimate of drug-likeness (QED) is 0.0147. The van der Waals surface area contributed by atoms with Crippen molar-refractivity contribution in [1.82, 2.24) is 46.1 Å². The number of carbonyl (C=O) groups is 7. The van der Waals surface area contributed by atoms with E-state index in [0.29, 0.717) is 101 Å². The fourth-order valence-corrected chi connectivity index (χ4v) is 6.85. The second-order valence-electron chi connectivity index (χ2n) is 17.1. The number of hydrogen-bond acceptors (Lipinski definition) is 18. The number of amides is 5. The minimum atomic E-state index is -0.868. The van der Waals surface area contributed by atoms with Crippen LogP contribution in [0.4, 0.5) is 5.82 Å². The van der Waals surface area contributed by atoms with Crippen LogP contribution in [0, 0.1) is 0 Å². The molecule has 2 aromatic heterocycles. The first kappa shape index (κ1) is 61.6. The monoisotopic (exact) mass is 1080 g/mol. The Balaban J connectivity index is 0.970. The number of nitrogens with one attached hydrogen (secondary N) is 6. The molecule has 0 saturated carbocycles. The molecule has 0 spiro atoms. The molecule has 0 aliphatic rings. The molecule has 8 N–H and O–H groups in total. The number of ether oxygens (including phenoxy) is 7. The smallest absolute Gasteiger partial charge is 0.328 e. The molecule has 0 aliphatic carbocycles. The second kappa shape index (κ2) is 34.6. The molecule has 25 nitrogen and oxygen atoms in total. The van der Waals surface area contributed by atoms with Gasteiger partial charge < -0.3 is 70.5 Å². The summed E-state index contributed by atoms with van der Waals surface area (Å²) in [6.07, 6.45) is 5.86. The number of carbonyl (C=O) groups excluding carboxylic acids is 7. The lowest BCUT2D eigenvalue weighted by Gasteiger charge is -2.14. The molecule has 0 aliphatic heterocycles. The fourth-order valence-electron chi connectivity index (χ4n) is 6.85. The largest absolute Gasteiger partial charge is 0.493 e. The van der Waals surface area contributed by atoms with Gasteiger partial charge in [-0.15, -0.1) is 0 Å². The van der Waals surface area contributed by atoms with Gasteiger partial charge in [0, 0.05) is 57.3 Å². The number of nitrogen functional groups attached to an aromatic ring is 1. The van der Waals surface area contributed by atoms with Crippen LogP contribution in [0.15, 0.2) is 53.3 Å². The summed E-state index contributed by atoms with van der Waals surface area (Å²) in [6, 6.07) is 10.8. The van der Waals surface area contributed by atoms with Gasteiger partial charge in [0.15, 0.2) is 23.0 Å². The number of aromatic nitrogens is 4. The van der Waals surface area contributed by atoms with E-state index in [0.717, 1.165) is 18.4 Å². The fraction of sp³-hybridized carbons (Fsp3) is 0.500. The molecular weight excluding hydrogens is 1000 g/mol. The lowest BCUT2D eigenvalue weighted by Crippen LogP contribution is -2.48. The molecular formula is C52H72N10O15. The van der Waals surface area contributed by atoms with Gasteiger partial charge in [-0.05, 0) is 81.0 Å². The number of benzene rings is 2. The normalized spacial score (nSPS) is 11.4. The van der Waals surface area contributed by atoms with Gasteiger partial charge >= 0.3 is 23.6 Å². The van der Waals surface area contributed by atoms with E-state index in [9.17, 15) is 38.4 Å². The molecule has 0 bridgehead atoms. The number of rotatable bonds is 37. The first-order valence-corrected chi connectivity index (χ1v) is 25.5. The van der Waals surface area contributed by atoms with Gasteiger partial charge in [0.05, 0.1) is 66.3 Å². The Morgan fingerprint density at radius 1 is 0.740 bits per heavy atom. The molecule has 25 heteroatoms.